The van der Waals surface area contributed by atoms with Crippen LogP contribution in [0.25, 0.3) is 6.08 Å². The van der Waals surface area contributed by atoms with Gasteiger partial charge in [-0.15, -0.1) is 0 Å². The minimum absolute atomic E-state index is 0.00928. The Morgan fingerprint density at radius 1 is 1.50 bits per heavy atom. The molecular weight excluding hydrogens is 340 g/mol. The van der Waals surface area contributed by atoms with Crippen LogP contribution >= 0.6 is 31.9 Å². The standard InChI is InChI=1S/C11H10Br2O3/c1-2-16-9-6-8(12)10(13)7(11(9)15)4-3-5-14/h3-6,15H,2H2,1H3. The third-order valence-electron chi connectivity index (χ3n) is 1.83. The Balaban J connectivity index is 3.32. The highest BCUT2D eigenvalue weighted by atomic mass is 79.9. The second-order valence-electron chi connectivity index (χ2n) is 2.86. The van der Waals surface area contributed by atoms with Gasteiger partial charge in [-0.1, -0.05) is 0 Å². The zero-order chi connectivity index (χ0) is 12.1. The molecule has 3 nitrogen and oxygen atoms in total. The van der Waals surface area contributed by atoms with Crippen molar-refractivity contribution in [1.82, 2.24) is 0 Å². The molecule has 0 heterocycles. The summed E-state index contributed by atoms with van der Waals surface area (Å²) in [7, 11) is 0. The number of allylic oxidation sites excluding steroid dienone is 1. The van der Waals surface area contributed by atoms with Crippen LogP contribution in [0.5, 0.6) is 11.5 Å². The van der Waals surface area contributed by atoms with Gasteiger partial charge >= 0.3 is 0 Å². The number of carbonyl (C=O) groups is 1. The molecule has 0 bridgehead atoms. The largest absolute Gasteiger partial charge is 0.504 e. The van der Waals surface area contributed by atoms with Crippen molar-refractivity contribution in [2.75, 3.05) is 6.61 Å². The van der Waals surface area contributed by atoms with Crippen LogP contribution in [0.15, 0.2) is 21.1 Å². The molecule has 1 N–H and O–H groups in total. The van der Waals surface area contributed by atoms with Crippen molar-refractivity contribution in [3.8, 4) is 11.5 Å². The van der Waals surface area contributed by atoms with Crippen molar-refractivity contribution in [3.05, 3.63) is 26.7 Å². The zero-order valence-corrected chi connectivity index (χ0v) is 11.7. The molecule has 1 rings (SSSR count). The van der Waals surface area contributed by atoms with E-state index in [1.165, 1.54) is 12.2 Å². The van der Waals surface area contributed by atoms with Crippen LogP contribution in [0, 0.1) is 0 Å². The first-order valence-corrected chi connectivity index (χ1v) is 6.16. The number of phenols is 1. The number of hydrogen-bond acceptors (Lipinski definition) is 3. The van der Waals surface area contributed by atoms with E-state index in [-0.39, 0.29) is 5.75 Å². The molecule has 0 amide bonds. The Kier molecular flexibility index (Phi) is 5.02. The number of carbonyl (C=O) groups excluding carboxylic acids is 1. The number of aromatic hydroxyl groups is 1. The summed E-state index contributed by atoms with van der Waals surface area (Å²) in [5, 5.41) is 9.91. The lowest BCUT2D eigenvalue weighted by Crippen LogP contribution is -1.94. The van der Waals surface area contributed by atoms with E-state index in [2.05, 4.69) is 31.9 Å². The lowest BCUT2D eigenvalue weighted by atomic mass is 10.1. The van der Waals surface area contributed by atoms with Crippen LogP contribution in [-0.4, -0.2) is 18.0 Å². The van der Waals surface area contributed by atoms with Gasteiger partial charge in [0.2, 0.25) is 0 Å². The minimum Gasteiger partial charge on any atom is -0.504 e. The first kappa shape index (κ1) is 13.3. The Hall–Kier alpha value is -0.810. The number of hydrogen-bond donors (Lipinski definition) is 1. The van der Waals surface area contributed by atoms with Gasteiger partial charge in [-0.3, -0.25) is 4.79 Å². The SMILES string of the molecule is CCOc1cc(Br)c(Br)c(C=CC=O)c1O. The lowest BCUT2D eigenvalue weighted by Gasteiger charge is -2.11. The summed E-state index contributed by atoms with van der Waals surface area (Å²) in [5.74, 6) is 0.387. The summed E-state index contributed by atoms with van der Waals surface area (Å²) >= 11 is 6.65. The van der Waals surface area contributed by atoms with E-state index in [1.807, 2.05) is 6.92 Å². The topological polar surface area (TPSA) is 46.5 Å². The molecule has 0 aliphatic rings. The number of ether oxygens (including phenoxy) is 1. The predicted octanol–water partition coefficient (Wildman–Crippen LogP) is 3.53. The fourth-order valence-electron chi connectivity index (χ4n) is 1.17. The molecule has 0 aromatic heterocycles. The van der Waals surface area contributed by atoms with E-state index in [0.29, 0.717) is 28.7 Å². The zero-order valence-electron chi connectivity index (χ0n) is 8.54. The maximum absolute atomic E-state index is 10.3. The smallest absolute Gasteiger partial charge is 0.166 e. The van der Waals surface area contributed by atoms with E-state index in [9.17, 15) is 9.90 Å². The monoisotopic (exact) mass is 348 g/mol. The molecule has 0 unspecified atom stereocenters. The summed E-state index contributed by atoms with van der Waals surface area (Å²) in [6.45, 7) is 2.29. The maximum Gasteiger partial charge on any atom is 0.166 e. The minimum atomic E-state index is 0.00928. The molecule has 0 aliphatic carbocycles. The van der Waals surface area contributed by atoms with Crippen LogP contribution < -0.4 is 4.74 Å². The highest BCUT2D eigenvalue weighted by Crippen LogP contribution is 2.41. The van der Waals surface area contributed by atoms with Gasteiger partial charge in [0.05, 0.1) is 6.61 Å². The van der Waals surface area contributed by atoms with Gasteiger partial charge < -0.3 is 9.84 Å². The van der Waals surface area contributed by atoms with Crippen LogP contribution in [0.4, 0.5) is 0 Å². The molecule has 0 saturated carbocycles. The molecule has 0 radical (unpaired) electrons. The van der Waals surface area contributed by atoms with Crippen LogP contribution in [0.2, 0.25) is 0 Å². The van der Waals surface area contributed by atoms with Crippen molar-refractivity contribution in [3.63, 3.8) is 0 Å². The van der Waals surface area contributed by atoms with E-state index in [1.54, 1.807) is 6.07 Å². The molecule has 0 aliphatic heterocycles. The first-order chi connectivity index (χ1) is 7.61. The van der Waals surface area contributed by atoms with Gasteiger partial charge in [0.1, 0.15) is 6.29 Å². The number of halogens is 2. The molecular formula is C11H10Br2O3. The van der Waals surface area contributed by atoms with E-state index < -0.39 is 0 Å². The quantitative estimate of drug-likeness (QED) is 0.668. The number of aldehydes is 1. The van der Waals surface area contributed by atoms with Gasteiger partial charge in [-0.25, -0.2) is 0 Å². The van der Waals surface area contributed by atoms with Gasteiger partial charge in [0, 0.05) is 14.5 Å². The third-order valence-corrected chi connectivity index (χ3v) is 3.85. The molecule has 1 aromatic carbocycles. The average molecular weight is 350 g/mol. The van der Waals surface area contributed by atoms with Crippen LogP contribution in [0.1, 0.15) is 12.5 Å². The van der Waals surface area contributed by atoms with Crippen molar-refractivity contribution in [2.45, 2.75) is 6.92 Å². The van der Waals surface area contributed by atoms with E-state index in [0.717, 1.165) is 4.47 Å². The third kappa shape index (κ3) is 2.86. The number of benzene rings is 1. The normalized spacial score (nSPS) is 10.7. The van der Waals surface area contributed by atoms with Gasteiger partial charge in [0.15, 0.2) is 11.5 Å². The van der Waals surface area contributed by atoms with Crippen LogP contribution in [0.3, 0.4) is 0 Å². The second-order valence-corrected chi connectivity index (χ2v) is 4.51. The molecule has 1 aromatic rings. The van der Waals surface area contributed by atoms with Crippen molar-refractivity contribution < 1.29 is 14.6 Å². The Morgan fingerprint density at radius 2 is 2.19 bits per heavy atom. The van der Waals surface area contributed by atoms with E-state index in [4.69, 9.17) is 4.74 Å². The first-order valence-electron chi connectivity index (χ1n) is 4.57. The summed E-state index contributed by atoms with van der Waals surface area (Å²) in [6.07, 6.45) is 3.47. The molecule has 0 spiro atoms. The van der Waals surface area contributed by atoms with Gasteiger partial charge in [-0.2, -0.15) is 0 Å². The number of phenolic OH excluding ortho intramolecular Hbond substituents is 1. The summed E-state index contributed by atoms with van der Waals surface area (Å²) in [4.78, 5) is 10.3. The van der Waals surface area contributed by atoms with Crippen molar-refractivity contribution in [2.24, 2.45) is 0 Å². The molecule has 16 heavy (non-hydrogen) atoms. The highest BCUT2D eigenvalue weighted by molar-refractivity contribution is 9.13. The molecule has 0 atom stereocenters. The van der Waals surface area contributed by atoms with Gasteiger partial charge in [0.25, 0.3) is 0 Å². The maximum atomic E-state index is 10.3. The molecule has 86 valence electrons. The Morgan fingerprint density at radius 3 is 2.75 bits per heavy atom. The highest BCUT2D eigenvalue weighted by Gasteiger charge is 2.13. The van der Waals surface area contributed by atoms with E-state index >= 15 is 0 Å². The molecule has 0 saturated heterocycles. The Bertz CT molecular complexity index is 428. The summed E-state index contributed by atoms with van der Waals surface area (Å²) in [5.41, 5.74) is 0.505. The molecule has 5 heteroatoms. The number of rotatable bonds is 4. The second kappa shape index (κ2) is 6.06. The van der Waals surface area contributed by atoms with Crippen molar-refractivity contribution >= 4 is 44.2 Å². The average Bonchev–Trinajstić information content (AvgIpc) is 2.26. The van der Waals surface area contributed by atoms with Crippen LogP contribution in [-0.2, 0) is 4.79 Å². The Labute approximate surface area is 110 Å². The fraction of sp³-hybridized carbons (Fsp3) is 0.182. The van der Waals surface area contributed by atoms with Crippen molar-refractivity contribution in [1.29, 1.82) is 0 Å². The summed E-state index contributed by atoms with van der Waals surface area (Å²) in [6, 6.07) is 1.67. The summed E-state index contributed by atoms with van der Waals surface area (Å²) < 4.78 is 6.69. The fourth-order valence-corrected chi connectivity index (χ4v) is 2.02. The molecule has 0 fully saturated rings. The lowest BCUT2D eigenvalue weighted by molar-refractivity contribution is -0.104. The van der Waals surface area contributed by atoms with Gasteiger partial charge in [-0.05, 0) is 57.0 Å². The predicted molar refractivity (Wildman–Crippen MR) is 69.8 cm³/mol.